The van der Waals surface area contributed by atoms with Gasteiger partial charge < -0.3 is 4.90 Å². The van der Waals surface area contributed by atoms with E-state index in [0.717, 1.165) is 30.6 Å². The van der Waals surface area contributed by atoms with Crippen molar-refractivity contribution in [2.75, 3.05) is 6.54 Å². The maximum absolute atomic E-state index is 12.1. The van der Waals surface area contributed by atoms with Crippen molar-refractivity contribution < 1.29 is 4.79 Å². The number of nitrogens with zero attached hydrogens (tertiary/aromatic N) is 2. The van der Waals surface area contributed by atoms with Gasteiger partial charge in [0, 0.05) is 18.4 Å². The van der Waals surface area contributed by atoms with Gasteiger partial charge in [-0.2, -0.15) is 0 Å². The van der Waals surface area contributed by atoms with Crippen molar-refractivity contribution in [1.29, 1.82) is 0 Å². The molecule has 2 heterocycles. The van der Waals surface area contributed by atoms with Crippen LogP contribution in [0.15, 0.2) is 24.3 Å². The fourth-order valence-corrected chi connectivity index (χ4v) is 3.03. The van der Waals surface area contributed by atoms with E-state index in [4.69, 9.17) is 4.98 Å². The zero-order valence-corrected chi connectivity index (χ0v) is 12.1. The molecule has 0 atom stereocenters. The van der Waals surface area contributed by atoms with Gasteiger partial charge in [-0.15, -0.1) is 0 Å². The first-order chi connectivity index (χ1) is 9.70. The first-order valence-corrected chi connectivity index (χ1v) is 7.35. The van der Waals surface area contributed by atoms with Crippen LogP contribution in [0.5, 0.6) is 0 Å². The highest BCUT2D eigenvalue weighted by molar-refractivity contribution is 5.84. The average molecular weight is 268 g/mol. The monoisotopic (exact) mass is 268 g/mol. The largest absolute Gasteiger partial charge is 0.336 e. The van der Waals surface area contributed by atoms with E-state index in [1.165, 1.54) is 16.5 Å². The van der Waals surface area contributed by atoms with Gasteiger partial charge in [-0.25, -0.2) is 0 Å². The van der Waals surface area contributed by atoms with Gasteiger partial charge in [-0.1, -0.05) is 25.1 Å². The first kappa shape index (κ1) is 13.1. The van der Waals surface area contributed by atoms with Crippen molar-refractivity contribution in [3.8, 4) is 0 Å². The van der Waals surface area contributed by atoms with Gasteiger partial charge in [-0.05, 0) is 37.0 Å². The lowest BCUT2D eigenvalue weighted by Crippen LogP contribution is -2.36. The third kappa shape index (κ3) is 2.17. The molecule has 0 saturated carbocycles. The summed E-state index contributed by atoms with van der Waals surface area (Å²) in [6, 6.07) is 8.26. The molecule has 0 saturated heterocycles. The zero-order chi connectivity index (χ0) is 14.1. The molecule has 0 spiro atoms. The van der Waals surface area contributed by atoms with E-state index in [9.17, 15) is 4.79 Å². The minimum absolute atomic E-state index is 0.255. The predicted octanol–water partition coefficient (Wildman–Crippen LogP) is 3.23. The average Bonchev–Trinajstić information content (AvgIpc) is 2.47. The minimum atomic E-state index is 0.255. The molecule has 3 rings (SSSR count). The normalized spacial score (nSPS) is 14.4. The van der Waals surface area contributed by atoms with Gasteiger partial charge in [0.05, 0.1) is 17.8 Å². The number of pyridine rings is 1. The third-order valence-electron chi connectivity index (χ3n) is 4.15. The second kappa shape index (κ2) is 5.23. The van der Waals surface area contributed by atoms with E-state index in [2.05, 4.69) is 25.1 Å². The molecule has 3 heteroatoms. The molecule has 0 unspecified atom stereocenters. The Morgan fingerprint density at radius 3 is 2.95 bits per heavy atom. The van der Waals surface area contributed by atoms with Crippen LogP contribution in [0.4, 0.5) is 0 Å². The second-order valence-corrected chi connectivity index (χ2v) is 5.49. The molecule has 0 bridgehead atoms. The summed E-state index contributed by atoms with van der Waals surface area (Å²) in [4.78, 5) is 18.8. The fourth-order valence-electron chi connectivity index (χ4n) is 3.03. The summed E-state index contributed by atoms with van der Waals surface area (Å²) in [5, 5.41) is 1.24. The van der Waals surface area contributed by atoms with Crippen LogP contribution in [0.2, 0.25) is 0 Å². The number of hydrogen-bond donors (Lipinski definition) is 0. The molecule has 1 amide bonds. The summed E-state index contributed by atoms with van der Waals surface area (Å²) in [6.45, 7) is 5.71. The summed E-state index contributed by atoms with van der Waals surface area (Å²) < 4.78 is 0. The van der Waals surface area contributed by atoms with Crippen molar-refractivity contribution in [2.45, 2.75) is 39.7 Å². The topological polar surface area (TPSA) is 33.2 Å². The van der Waals surface area contributed by atoms with Gasteiger partial charge in [0.15, 0.2) is 0 Å². The number of fused-ring (bicyclic) bond motifs is 2. The van der Waals surface area contributed by atoms with Crippen LogP contribution in [-0.4, -0.2) is 22.3 Å². The lowest BCUT2D eigenvalue weighted by atomic mass is 9.96. The molecule has 1 aliphatic heterocycles. The SMILES string of the molecule is CCCC(=O)N1CCc2c(nc3ccccc3c2C)C1. The minimum Gasteiger partial charge on any atom is -0.336 e. The Balaban J connectivity index is 1.99. The summed E-state index contributed by atoms with van der Waals surface area (Å²) in [6.07, 6.45) is 2.47. The lowest BCUT2D eigenvalue weighted by Gasteiger charge is -2.29. The molecule has 104 valence electrons. The molecule has 0 fully saturated rings. The van der Waals surface area contributed by atoms with Crippen LogP contribution in [0.3, 0.4) is 0 Å². The van der Waals surface area contributed by atoms with Crippen LogP contribution < -0.4 is 0 Å². The summed E-state index contributed by atoms with van der Waals surface area (Å²) in [7, 11) is 0. The van der Waals surface area contributed by atoms with E-state index >= 15 is 0 Å². The third-order valence-corrected chi connectivity index (χ3v) is 4.15. The Labute approximate surface area is 119 Å². The van der Waals surface area contributed by atoms with Crippen LogP contribution in [0.1, 0.15) is 36.6 Å². The van der Waals surface area contributed by atoms with Crippen molar-refractivity contribution in [2.24, 2.45) is 0 Å². The lowest BCUT2D eigenvalue weighted by molar-refractivity contribution is -0.132. The van der Waals surface area contributed by atoms with Gasteiger partial charge in [0.1, 0.15) is 0 Å². The Bertz CT molecular complexity index is 663. The standard InChI is InChI=1S/C17H20N2O/c1-3-6-17(20)19-10-9-14-12(2)13-7-4-5-8-15(13)18-16(14)11-19/h4-5,7-8H,3,6,9-11H2,1-2H3. The Hall–Kier alpha value is -1.90. The number of benzene rings is 1. The molecule has 1 aromatic carbocycles. The molecule has 20 heavy (non-hydrogen) atoms. The van der Waals surface area contributed by atoms with E-state index in [1.807, 2.05) is 17.9 Å². The predicted molar refractivity (Wildman–Crippen MR) is 80.5 cm³/mol. The number of para-hydroxylation sites is 1. The highest BCUT2D eigenvalue weighted by Crippen LogP contribution is 2.27. The second-order valence-electron chi connectivity index (χ2n) is 5.49. The fraction of sp³-hybridized carbons (Fsp3) is 0.412. The first-order valence-electron chi connectivity index (χ1n) is 7.35. The van der Waals surface area contributed by atoms with Crippen LogP contribution in [0.25, 0.3) is 10.9 Å². The molecule has 1 aliphatic rings. The number of aromatic nitrogens is 1. The zero-order valence-electron chi connectivity index (χ0n) is 12.1. The van der Waals surface area contributed by atoms with Crippen LogP contribution >= 0.6 is 0 Å². The number of carbonyl (C=O) groups excluding carboxylic acids is 1. The summed E-state index contributed by atoms with van der Waals surface area (Å²) >= 11 is 0. The van der Waals surface area contributed by atoms with Crippen molar-refractivity contribution in [3.05, 3.63) is 41.1 Å². The number of amides is 1. The molecule has 2 aromatic rings. The molecule has 0 radical (unpaired) electrons. The highest BCUT2D eigenvalue weighted by Gasteiger charge is 2.23. The van der Waals surface area contributed by atoms with Crippen LogP contribution in [-0.2, 0) is 17.8 Å². The van der Waals surface area contributed by atoms with Crippen LogP contribution in [0, 0.1) is 6.92 Å². The maximum atomic E-state index is 12.1. The Kier molecular flexibility index (Phi) is 3.43. The quantitative estimate of drug-likeness (QED) is 0.837. The molecule has 0 aliphatic carbocycles. The van der Waals surface area contributed by atoms with Gasteiger partial charge in [0.25, 0.3) is 0 Å². The molecular weight excluding hydrogens is 248 g/mol. The highest BCUT2D eigenvalue weighted by atomic mass is 16.2. The maximum Gasteiger partial charge on any atom is 0.222 e. The van der Waals surface area contributed by atoms with E-state index in [-0.39, 0.29) is 5.91 Å². The van der Waals surface area contributed by atoms with Gasteiger partial charge in [-0.3, -0.25) is 9.78 Å². The molecule has 3 nitrogen and oxygen atoms in total. The summed E-state index contributed by atoms with van der Waals surface area (Å²) in [5.41, 5.74) is 4.78. The smallest absolute Gasteiger partial charge is 0.222 e. The molecular formula is C17H20N2O. The van der Waals surface area contributed by atoms with Gasteiger partial charge >= 0.3 is 0 Å². The van der Waals surface area contributed by atoms with E-state index < -0.39 is 0 Å². The van der Waals surface area contributed by atoms with E-state index in [0.29, 0.717) is 13.0 Å². The Morgan fingerprint density at radius 1 is 1.35 bits per heavy atom. The van der Waals surface area contributed by atoms with Crippen molar-refractivity contribution in [1.82, 2.24) is 9.88 Å². The number of aryl methyl sites for hydroxylation is 1. The molecule has 1 aromatic heterocycles. The molecule has 0 N–H and O–H groups in total. The number of carbonyl (C=O) groups is 1. The van der Waals surface area contributed by atoms with Crippen molar-refractivity contribution >= 4 is 16.8 Å². The Morgan fingerprint density at radius 2 is 2.15 bits per heavy atom. The van der Waals surface area contributed by atoms with E-state index in [1.54, 1.807) is 0 Å². The summed E-state index contributed by atoms with van der Waals surface area (Å²) in [5.74, 6) is 0.255. The van der Waals surface area contributed by atoms with Crippen molar-refractivity contribution in [3.63, 3.8) is 0 Å². The number of rotatable bonds is 2. The van der Waals surface area contributed by atoms with Gasteiger partial charge in [0.2, 0.25) is 5.91 Å². The number of hydrogen-bond acceptors (Lipinski definition) is 2.